The fraction of sp³-hybridized carbons (Fsp3) is 0.107. The molecule has 3 heteroatoms. The molecule has 0 heterocycles. The van der Waals surface area contributed by atoms with Crippen LogP contribution in [0.2, 0.25) is 0 Å². The van der Waals surface area contributed by atoms with Gasteiger partial charge in [0.05, 0.1) is 5.56 Å². The minimum Gasteiger partial charge on any atom is -0.488 e. The average molecular weight is 408 g/mol. The van der Waals surface area contributed by atoms with Crippen molar-refractivity contribution in [2.24, 2.45) is 0 Å². The fourth-order valence-corrected chi connectivity index (χ4v) is 3.49. The van der Waals surface area contributed by atoms with E-state index in [0.29, 0.717) is 12.2 Å². The molecule has 31 heavy (non-hydrogen) atoms. The third kappa shape index (κ3) is 4.84. The summed E-state index contributed by atoms with van der Waals surface area (Å²) in [7, 11) is 3.52. The fourth-order valence-electron chi connectivity index (χ4n) is 3.49. The Balaban J connectivity index is 1.52. The summed E-state index contributed by atoms with van der Waals surface area (Å²) in [5, 5.41) is 1.85. The summed E-state index contributed by atoms with van der Waals surface area (Å²) in [4.78, 5) is 14.2. The molecule has 4 rings (SSSR count). The maximum atomic E-state index is 12.7. The van der Waals surface area contributed by atoms with Crippen LogP contribution in [0, 0.1) is 0 Å². The number of ether oxygens (including phenoxy) is 1. The van der Waals surface area contributed by atoms with Crippen molar-refractivity contribution in [2.75, 3.05) is 14.1 Å². The molecule has 0 bridgehead atoms. The molecule has 0 saturated carbocycles. The van der Waals surface area contributed by atoms with Crippen LogP contribution >= 0.6 is 0 Å². The summed E-state index contributed by atoms with van der Waals surface area (Å²) < 4.78 is 6.16. The van der Waals surface area contributed by atoms with Gasteiger partial charge in [-0.15, -0.1) is 0 Å². The van der Waals surface area contributed by atoms with Gasteiger partial charge in [-0.3, -0.25) is 4.79 Å². The Morgan fingerprint density at radius 3 is 2.10 bits per heavy atom. The third-order valence-corrected chi connectivity index (χ3v) is 5.14. The van der Waals surface area contributed by atoms with Crippen molar-refractivity contribution in [2.45, 2.75) is 6.61 Å². The zero-order chi connectivity index (χ0) is 21.6. The lowest BCUT2D eigenvalue weighted by Gasteiger charge is -2.15. The minimum atomic E-state index is -0.0313. The van der Waals surface area contributed by atoms with Gasteiger partial charge in [-0.05, 0) is 34.2 Å². The molecule has 0 radical (unpaired) electrons. The number of carbonyl (C=O) groups excluding carboxylic acids is 1. The average Bonchev–Trinajstić information content (AvgIpc) is 2.81. The molecule has 0 spiro atoms. The van der Waals surface area contributed by atoms with Crippen LogP contribution in [-0.2, 0) is 6.61 Å². The minimum absolute atomic E-state index is 0.0313. The number of hydrogen-bond donors (Lipinski definition) is 0. The van der Waals surface area contributed by atoms with Crippen molar-refractivity contribution in [3.63, 3.8) is 0 Å². The highest BCUT2D eigenvalue weighted by Gasteiger charge is 2.15. The van der Waals surface area contributed by atoms with Crippen LogP contribution < -0.4 is 4.74 Å². The van der Waals surface area contributed by atoms with Crippen LogP contribution in [0.25, 0.3) is 22.9 Å². The third-order valence-electron chi connectivity index (χ3n) is 5.14. The highest BCUT2D eigenvalue weighted by Crippen LogP contribution is 2.30. The zero-order valence-corrected chi connectivity index (χ0v) is 17.8. The van der Waals surface area contributed by atoms with E-state index in [1.165, 1.54) is 5.56 Å². The maximum Gasteiger partial charge on any atom is 0.254 e. The quantitative estimate of drug-likeness (QED) is 0.352. The summed E-state index contributed by atoms with van der Waals surface area (Å²) in [6.45, 7) is 0.437. The van der Waals surface area contributed by atoms with Crippen LogP contribution in [0.3, 0.4) is 0 Å². The zero-order valence-electron chi connectivity index (χ0n) is 17.8. The molecule has 4 aromatic rings. The first kappa shape index (κ1) is 20.4. The first-order valence-electron chi connectivity index (χ1n) is 10.3. The van der Waals surface area contributed by atoms with E-state index in [2.05, 4.69) is 48.6 Å². The van der Waals surface area contributed by atoms with Crippen molar-refractivity contribution < 1.29 is 9.53 Å². The van der Waals surface area contributed by atoms with Gasteiger partial charge in [0.2, 0.25) is 0 Å². The number of hydrogen-bond acceptors (Lipinski definition) is 2. The highest BCUT2D eigenvalue weighted by molar-refractivity contribution is 6.09. The molecule has 0 saturated heterocycles. The van der Waals surface area contributed by atoms with E-state index >= 15 is 0 Å². The molecule has 0 N–H and O–H groups in total. The summed E-state index contributed by atoms with van der Waals surface area (Å²) in [5.41, 5.74) is 4.04. The van der Waals surface area contributed by atoms with Gasteiger partial charge >= 0.3 is 0 Å². The van der Waals surface area contributed by atoms with Crippen LogP contribution in [0.4, 0.5) is 0 Å². The molecule has 3 nitrogen and oxygen atoms in total. The molecule has 0 aromatic heterocycles. The molecule has 0 fully saturated rings. The smallest absolute Gasteiger partial charge is 0.254 e. The predicted molar refractivity (Wildman–Crippen MR) is 128 cm³/mol. The number of amides is 1. The molecular formula is C28H25NO2. The molecule has 0 aliphatic rings. The Morgan fingerprint density at radius 2 is 1.42 bits per heavy atom. The first-order valence-corrected chi connectivity index (χ1v) is 10.3. The molecule has 154 valence electrons. The second-order valence-electron chi connectivity index (χ2n) is 7.63. The number of nitrogens with zero attached hydrogens (tertiary/aromatic N) is 1. The Bertz CT molecular complexity index is 1200. The molecular weight excluding hydrogens is 382 g/mol. The van der Waals surface area contributed by atoms with Gasteiger partial charge in [0.15, 0.2) is 0 Å². The van der Waals surface area contributed by atoms with Gasteiger partial charge in [0, 0.05) is 19.5 Å². The van der Waals surface area contributed by atoms with Crippen molar-refractivity contribution in [3.05, 3.63) is 113 Å². The molecule has 0 unspecified atom stereocenters. The van der Waals surface area contributed by atoms with E-state index in [-0.39, 0.29) is 5.91 Å². The van der Waals surface area contributed by atoms with Crippen LogP contribution in [0.5, 0.6) is 5.75 Å². The SMILES string of the molecule is CN(C)C(=O)c1cccc2cccc(OCc3ccc(/C=C/c4ccccc4)cc3)c12. The second-order valence-corrected chi connectivity index (χ2v) is 7.63. The lowest BCUT2D eigenvalue weighted by atomic mass is 10.0. The van der Waals surface area contributed by atoms with Crippen molar-refractivity contribution in [1.29, 1.82) is 0 Å². The number of benzene rings is 4. The largest absolute Gasteiger partial charge is 0.488 e. The predicted octanol–water partition coefficient (Wildman–Crippen LogP) is 6.29. The number of rotatable bonds is 6. The summed E-state index contributed by atoms with van der Waals surface area (Å²) in [5.74, 6) is 0.688. The van der Waals surface area contributed by atoms with Crippen molar-refractivity contribution >= 4 is 28.8 Å². The summed E-state index contributed by atoms with van der Waals surface area (Å²) in [6.07, 6.45) is 4.20. The first-order chi connectivity index (χ1) is 15.1. The number of carbonyl (C=O) groups is 1. The van der Waals surface area contributed by atoms with Crippen LogP contribution in [0.15, 0.2) is 91.0 Å². The Labute approximate surface area is 183 Å². The van der Waals surface area contributed by atoms with E-state index in [1.807, 2.05) is 54.6 Å². The van der Waals surface area contributed by atoms with Crippen LogP contribution in [-0.4, -0.2) is 24.9 Å². The van der Waals surface area contributed by atoms with Crippen molar-refractivity contribution in [3.8, 4) is 5.75 Å². The van der Waals surface area contributed by atoms with E-state index in [1.54, 1.807) is 19.0 Å². The topological polar surface area (TPSA) is 29.5 Å². The second kappa shape index (κ2) is 9.31. The lowest BCUT2D eigenvalue weighted by molar-refractivity contribution is 0.0829. The standard InChI is InChI=1S/C28H25NO2/c1-29(2)28(30)25-12-6-10-24-11-7-13-26(27(24)25)31-20-23-18-16-22(17-19-23)15-14-21-8-4-3-5-9-21/h3-19H,20H2,1-2H3/b15-14+. The van der Waals surface area contributed by atoms with E-state index < -0.39 is 0 Å². The maximum absolute atomic E-state index is 12.7. The molecule has 4 aromatic carbocycles. The van der Waals surface area contributed by atoms with Gasteiger partial charge in [0.1, 0.15) is 12.4 Å². The van der Waals surface area contributed by atoms with Crippen LogP contribution in [0.1, 0.15) is 27.0 Å². The van der Waals surface area contributed by atoms with E-state index in [4.69, 9.17) is 4.74 Å². The molecule has 0 aliphatic heterocycles. The molecule has 0 aliphatic carbocycles. The molecule has 0 atom stereocenters. The Kier molecular flexibility index (Phi) is 6.13. The Morgan fingerprint density at radius 1 is 0.774 bits per heavy atom. The Hall–Kier alpha value is -3.85. The van der Waals surface area contributed by atoms with E-state index in [0.717, 1.165) is 27.6 Å². The van der Waals surface area contributed by atoms with Gasteiger partial charge in [-0.25, -0.2) is 0 Å². The van der Waals surface area contributed by atoms with Gasteiger partial charge in [-0.2, -0.15) is 0 Å². The van der Waals surface area contributed by atoms with Gasteiger partial charge < -0.3 is 9.64 Å². The monoisotopic (exact) mass is 407 g/mol. The van der Waals surface area contributed by atoms with Gasteiger partial charge in [-0.1, -0.05) is 91.0 Å². The van der Waals surface area contributed by atoms with Crippen molar-refractivity contribution in [1.82, 2.24) is 4.90 Å². The normalized spacial score (nSPS) is 11.0. The van der Waals surface area contributed by atoms with Gasteiger partial charge in [0.25, 0.3) is 5.91 Å². The van der Waals surface area contributed by atoms with E-state index in [9.17, 15) is 4.79 Å². The summed E-state index contributed by atoms with van der Waals surface area (Å²) >= 11 is 0. The highest BCUT2D eigenvalue weighted by atomic mass is 16.5. The summed E-state index contributed by atoms with van der Waals surface area (Å²) in [6, 6.07) is 30.2. The lowest BCUT2D eigenvalue weighted by Crippen LogP contribution is -2.22. The molecule has 1 amide bonds. The number of fused-ring (bicyclic) bond motifs is 1.